The van der Waals surface area contributed by atoms with Crippen LogP contribution in [0.15, 0.2) is 176 Å². The van der Waals surface area contributed by atoms with Crippen molar-refractivity contribution in [2.45, 2.75) is 56.8 Å². The van der Waals surface area contributed by atoms with Gasteiger partial charge in [-0.2, -0.15) is 0 Å². The molecule has 0 fully saturated rings. The van der Waals surface area contributed by atoms with Crippen molar-refractivity contribution < 1.29 is 0 Å². The second kappa shape index (κ2) is 13.3. The summed E-state index contributed by atoms with van der Waals surface area (Å²) in [4.78, 5) is 2.59. The topological polar surface area (TPSA) is 3.24 Å². The van der Waals surface area contributed by atoms with Crippen molar-refractivity contribution in [2.24, 2.45) is 0 Å². The standard InChI is InChI=1S/C57H45N/c1-3-18-39(19-4-1)48-34-41-21-9-10-22-42(41)35-49(48)51-36-50-47-27-13-16-30-54(47)57(52-28-14-11-25-45(52)46-26-12-15-29-53(46)57)55(50)37-56(51)58(43-23-5-2-6-24-43)44-32-31-38-17-7-8-20-40(38)33-44/h1-6,11-16,18-19,23-37H,7-10,17,20-22H2. The highest BCUT2D eigenvalue weighted by molar-refractivity contribution is 6.02. The minimum absolute atomic E-state index is 0.442. The maximum absolute atomic E-state index is 2.62. The highest BCUT2D eigenvalue weighted by Gasteiger charge is 2.52. The Morgan fingerprint density at radius 1 is 0.310 bits per heavy atom. The molecular weight excluding hydrogens is 699 g/mol. The molecule has 1 nitrogen and oxygen atoms in total. The second-order valence-corrected chi connectivity index (χ2v) is 16.9. The summed E-state index contributed by atoms with van der Waals surface area (Å²) < 4.78 is 0. The normalized spacial score (nSPS) is 15.2. The van der Waals surface area contributed by atoms with Gasteiger partial charge in [0.1, 0.15) is 0 Å². The van der Waals surface area contributed by atoms with Crippen LogP contribution in [-0.2, 0) is 31.1 Å². The van der Waals surface area contributed by atoms with Crippen LogP contribution in [0.5, 0.6) is 0 Å². The molecule has 0 aromatic heterocycles. The molecule has 8 aromatic carbocycles. The van der Waals surface area contributed by atoms with Gasteiger partial charge in [0, 0.05) is 16.9 Å². The van der Waals surface area contributed by atoms with Crippen LogP contribution in [0.25, 0.3) is 44.5 Å². The Labute approximate surface area is 342 Å². The van der Waals surface area contributed by atoms with Gasteiger partial charge in [-0.3, -0.25) is 0 Å². The molecule has 0 N–H and O–H groups in total. The molecular formula is C57H45N. The van der Waals surface area contributed by atoms with Gasteiger partial charge in [0.25, 0.3) is 0 Å². The van der Waals surface area contributed by atoms with E-state index in [-0.39, 0.29) is 0 Å². The molecule has 278 valence electrons. The van der Waals surface area contributed by atoms with Crippen LogP contribution in [0.4, 0.5) is 17.1 Å². The number of rotatable bonds is 5. The SMILES string of the molecule is c1ccc(-c2cc3c(cc2-c2cc4c(cc2N(c2ccccc2)c2ccc5c(c2)CCCC5)C2(c5ccccc5-c5ccccc52)c2ccccc2-4)CCCC3)cc1. The fourth-order valence-electron chi connectivity index (χ4n) is 11.3. The zero-order chi connectivity index (χ0) is 38.2. The van der Waals surface area contributed by atoms with Crippen LogP contribution in [0, 0.1) is 0 Å². The van der Waals surface area contributed by atoms with Gasteiger partial charge >= 0.3 is 0 Å². The predicted molar refractivity (Wildman–Crippen MR) is 242 cm³/mol. The summed E-state index contributed by atoms with van der Waals surface area (Å²) in [5, 5.41) is 0. The monoisotopic (exact) mass is 743 g/mol. The molecule has 1 spiro atoms. The minimum atomic E-state index is -0.442. The lowest BCUT2D eigenvalue weighted by Gasteiger charge is -2.34. The molecule has 1 heteroatoms. The fraction of sp³-hybridized carbons (Fsp3) is 0.158. The van der Waals surface area contributed by atoms with E-state index in [2.05, 4.69) is 181 Å². The van der Waals surface area contributed by atoms with E-state index in [1.165, 1.54) is 138 Å². The maximum Gasteiger partial charge on any atom is 0.0726 e. The van der Waals surface area contributed by atoms with Gasteiger partial charge < -0.3 is 4.90 Å². The van der Waals surface area contributed by atoms with E-state index in [1.54, 1.807) is 0 Å². The Morgan fingerprint density at radius 3 is 1.43 bits per heavy atom. The number of anilines is 3. The average molecular weight is 744 g/mol. The number of aryl methyl sites for hydroxylation is 4. The number of fused-ring (bicyclic) bond motifs is 12. The third kappa shape index (κ3) is 4.96. The van der Waals surface area contributed by atoms with E-state index in [0.29, 0.717) is 0 Å². The molecule has 58 heavy (non-hydrogen) atoms. The van der Waals surface area contributed by atoms with Gasteiger partial charge in [-0.15, -0.1) is 0 Å². The average Bonchev–Trinajstić information content (AvgIpc) is 3.76. The van der Waals surface area contributed by atoms with Gasteiger partial charge in [-0.1, -0.05) is 140 Å². The Morgan fingerprint density at radius 2 is 0.810 bits per heavy atom. The number of para-hydroxylation sites is 1. The smallest absolute Gasteiger partial charge is 0.0726 e. The Balaban J connectivity index is 1.23. The van der Waals surface area contributed by atoms with Crippen molar-refractivity contribution in [2.75, 3.05) is 4.90 Å². The first-order valence-electron chi connectivity index (χ1n) is 21.4. The van der Waals surface area contributed by atoms with Crippen LogP contribution >= 0.6 is 0 Å². The summed E-state index contributed by atoms with van der Waals surface area (Å²) >= 11 is 0. The highest BCUT2D eigenvalue weighted by atomic mass is 15.1. The van der Waals surface area contributed by atoms with E-state index in [9.17, 15) is 0 Å². The molecule has 0 heterocycles. The van der Waals surface area contributed by atoms with Gasteiger partial charge in [0.15, 0.2) is 0 Å². The molecule has 4 aliphatic rings. The summed E-state index contributed by atoms with van der Waals surface area (Å²) in [5.74, 6) is 0. The van der Waals surface area contributed by atoms with Crippen molar-refractivity contribution in [3.8, 4) is 44.5 Å². The second-order valence-electron chi connectivity index (χ2n) is 16.9. The lowest BCUT2D eigenvalue weighted by molar-refractivity contribution is 0.685. The summed E-state index contributed by atoms with van der Waals surface area (Å²) in [6, 6.07) is 67.5. The molecule has 0 atom stereocenters. The lowest BCUT2D eigenvalue weighted by atomic mass is 9.70. The molecule has 0 saturated carbocycles. The van der Waals surface area contributed by atoms with E-state index in [0.717, 1.165) is 19.3 Å². The van der Waals surface area contributed by atoms with Crippen LogP contribution in [-0.4, -0.2) is 0 Å². The van der Waals surface area contributed by atoms with Gasteiger partial charge in [-0.05, 0) is 171 Å². The van der Waals surface area contributed by atoms with Crippen molar-refractivity contribution in [3.63, 3.8) is 0 Å². The van der Waals surface area contributed by atoms with E-state index < -0.39 is 5.41 Å². The van der Waals surface area contributed by atoms with Crippen LogP contribution in [0.2, 0.25) is 0 Å². The lowest BCUT2D eigenvalue weighted by Crippen LogP contribution is -2.26. The fourth-order valence-corrected chi connectivity index (χ4v) is 11.3. The van der Waals surface area contributed by atoms with Gasteiger partial charge in [-0.25, -0.2) is 0 Å². The first-order valence-corrected chi connectivity index (χ1v) is 21.4. The molecule has 0 saturated heterocycles. The first-order chi connectivity index (χ1) is 28.8. The van der Waals surface area contributed by atoms with Crippen molar-refractivity contribution in [1.82, 2.24) is 0 Å². The molecule has 0 unspecified atom stereocenters. The molecule has 0 aliphatic heterocycles. The van der Waals surface area contributed by atoms with Gasteiger partial charge in [0.2, 0.25) is 0 Å². The molecule has 8 aromatic rings. The summed E-state index contributed by atoms with van der Waals surface area (Å²) in [7, 11) is 0. The van der Waals surface area contributed by atoms with Crippen molar-refractivity contribution >= 4 is 17.1 Å². The minimum Gasteiger partial charge on any atom is -0.310 e. The van der Waals surface area contributed by atoms with Crippen molar-refractivity contribution in [3.05, 3.63) is 220 Å². The maximum atomic E-state index is 2.62. The Bertz CT molecular complexity index is 2850. The third-order valence-electron chi connectivity index (χ3n) is 13.8. The summed E-state index contributed by atoms with van der Waals surface area (Å²) in [5.41, 5.74) is 25.2. The molecule has 0 bridgehead atoms. The van der Waals surface area contributed by atoms with Crippen LogP contribution < -0.4 is 4.90 Å². The van der Waals surface area contributed by atoms with Crippen molar-refractivity contribution in [1.29, 1.82) is 0 Å². The quantitative estimate of drug-likeness (QED) is 0.170. The molecule has 0 amide bonds. The number of benzene rings is 8. The summed E-state index contributed by atoms with van der Waals surface area (Å²) in [6.07, 6.45) is 9.60. The number of hydrogen-bond donors (Lipinski definition) is 0. The highest BCUT2D eigenvalue weighted by Crippen LogP contribution is 2.64. The van der Waals surface area contributed by atoms with E-state index >= 15 is 0 Å². The van der Waals surface area contributed by atoms with Crippen LogP contribution in [0.3, 0.4) is 0 Å². The van der Waals surface area contributed by atoms with Gasteiger partial charge in [0.05, 0.1) is 11.1 Å². The number of nitrogens with zero attached hydrogens (tertiary/aromatic N) is 1. The predicted octanol–water partition coefficient (Wildman–Crippen LogP) is 14.6. The zero-order valence-electron chi connectivity index (χ0n) is 32.8. The first kappa shape index (κ1) is 33.7. The molecule has 0 radical (unpaired) electrons. The summed E-state index contributed by atoms with van der Waals surface area (Å²) in [6.45, 7) is 0. The van der Waals surface area contributed by atoms with E-state index in [1.807, 2.05) is 0 Å². The molecule has 12 rings (SSSR count). The largest absolute Gasteiger partial charge is 0.310 e. The Kier molecular flexibility index (Phi) is 7.73. The van der Waals surface area contributed by atoms with E-state index in [4.69, 9.17) is 0 Å². The Hall–Kier alpha value is -6.44. The number of hydrogen-bond acceptors (Lipinski definition) is 1. The molecule has 4 aliphatic carbocycles. The third-order valence-corrected chi connectivity index (χ3v) is 13.8. The zero-order valence-corrected chi connectivity index (χ0v) is 32.8. The van der Waals surface area contributed by atoms with Crippen LogP contribution in [0.1, 0.15) is 70.2 Å².